The van der Waals surface area contributed by atoms with Crippen LogP contribution in [0.3, 0.4) is 0 Å². The Morgan fingerprint density at radius 3 is 2.81 bits per heavy atom. The Kier molecular flexibility index (Phi) is 3.24. The van der Waals surface area contributed by atoms with Gasteiger partial charge in [0.2, 0.25) is 0 Å². The predicted molar refractivity (Wildman–Crippen MR) is 72.6 cm³/mol. The van der Waals surface area contributed by atoms with Crippen LogP contribution in [-0.4, -0.2) is 56.0 Å². The van der Waals surface area contributed by atoms with Crippen LogP contribution in [0.2, 0.25) is 0 Å². The zero-order valence-electron chi connectivity index (χ0n) is 11.4. The summed E-state index contributed by atoms with van der Waals surface area (Å²) >= 11 is 0. The number of ether oxygens (including phenoxy) is 1. The number of aromatic amines is 1. The first-order valence-electron chi connectivity index (χ1n) is 6.59. The minimum absolute atomic E-state index is 0.0251. The Morgan fingerprint density at radius 1 is 1.48 bits per heavy atom. The zero-order chi connectivity index (χ0) is 15.0. The molecule has 1 saturated heterocycles. The molecule has 3 heterocycles. The van der Waals surface area contributed by atoms with Gasteiger partial charge in [-0.2, -0.15) is 10.1 Å². The molecule has 0 spiro atoms. The number of aromatic nitrogens is 4. The summed E-state index contributed by atoms with van der Waals surface area (Å²) in [5, 5.41) is 13.6. The van der Waals surface area contributed by atoms with Crippen molar-refractivity contribution in [3.05, 3.63) is 16.6 Å². The van der Waals surface area contributed by atoms with Gasteiger partial charge in [0.15, 0.2) is 5.65 Å². The van der Waals surface area contributed by atoms with Crippen molar-refractivity contribution in [2.45, 2.75) is 18.9 Å². The Hall–Kier alpha value is -2.58. The van der Waals surface area contributed by atoms with E-state index in [0.29, 0.717) is 37.0 Å². The maximum Gasteiger partial charge on any atom is 0.407 e. The van der Waals surface area contributed by atoms with Gasteiger partial charge in [0.1, 0.15) is 5.39 Å². The van der Waals surface area contributed by atoms with Gasteiger partial charge in [-0.15, -0.1) is 0 Å². The second-order valence-electron chi connectivity index (χ2n) is 4.90. The molecule has 0 aliphatic carbocycles. The first kappa shape index (κ1) is 13.4. The fraction of sp³-hybridized carbons (Fsp3) is 0.500. The molecule has 2 aromatic rings. The molecule has 21 heavy (non-hydrogen) atoms. The standard InChI is InChI=1S/C12H15N5O4/c1-21-11-14-9-8(10(18)15-11)6-13-17(9)7-2-4-16(5-3-7)12(19)20/h6-7H,2-5H2,1H3,(H,19,20)(H,14,15,18). The molecule has 1 aliphatic rings. The molecule has 1 fully saturated rings. The number of hydrogen-bond acceptors (Lipinski definition) is 5. The Morgan fingerprint density at radius 2 is 2.19 bits per heavy atom. The molecule has 0 saturated carbocycles. The minimum atomic E-state index is -0.907. The molecular formula is C12H15N5O4. The Labute approximate surface area is 119 Å². The summed E-state index contributed by atoms with van der Waals surface area (Å²) < 4.78 is 6.66. The molecule has 9 nitrogen and oxygen atoms in total. The third kappa shape index (κ3) is 2.30. The van der Waals surface area contributed by atoms with E-state index in [-0.39, 0.29) is 17.6 Å². The lowest BCUT2D eigenvalue weighted by atomic mass is 10.1. The lowest BCUT2D eigenvalue weighted by molar-refractivity contribution is 0.124. The molecule has 2 N–H and O–H groups in total. The maximum atomic E-state index is 11.9. The molecular weight excluding hydrogens is 278 g/mol. The van der Waals surface area contributed by atoms with E-state index < -0.39 is 6.09 Å². The van der Waals surface area contributed by atoms with Crippen LogP contribution in [0.4, 0.5) is 4.79 Å². The number of H-pyrrole nitrogens is 1. The van der Waals surface area contributed by atoms with Gasteiger partial charge in [0.25, 0.3) is 11.6 Å². The second-order valence-corrected chi connectivity index (χ2v) is 4.90. The first-order valence-corrected chi connectivity index (χ1v) is 6.59. The lowest BCUT2D eigenvalue weighted by Crippen LogP contribution is -2.38. The molecule has 0 bridgehead atoms. The molecule has 0 aromatic carbocycles. The number of carboxylic acid groups (broad SMARTS) is 1. The number of amides is 1. The van der Waals surface area contributed by atoms with Crippen LogP contribution in [0.1, 0.15) is 18.9 Å². The summed E-state index contributed by atoms with van der Waals surface area (Å²) in [5.41, 5.74) is 0.162. The number of nitrogens with one attached hydrogen (secondary N) is 1. The van der Waals surface area contributed by atoms with Gasteiger partial charge >= 0.3 is 6.09 Å². The number of rotatable bonds is 2. The average molecular weight is 293 g/mol. The van der Waals surface area contributed by atoms with Crippen LogP contribution >= 0.6 is 0 Å². The second kappa shape index (κ2) is 5.08. The van der Waals surface area contributed by atoms with E-state index >= 15 is 0 Å². The number of fused-ring (bicyclic) bond motifs is 1. The van der Waals surface area contributed by atoms with E-state index in [9.17, 15) is 9.59 Å². The summed E-state index contributed by atoms with van der Waals surface area (Å²) in [6.45, 7) is 0.892. The van der Waals surface area contributed by atoms with Crippen molar-refractivity contribution in [1.29, 1.82) is 0 Å². The van der Waals surface area contributed by atoms with Crippen molar-refractivity contribution in [2.24, 2.45) is 0 Å². The van der Waals surface area contributed by atoms with Gasteiger partial charge in [0.05, 0.1) is 19.3 Å². The smallest absolute Gasteiger partial charge is 0.407 e. The number of hydrogen-bond donors (Lipinski definition) is 2. The molecule has 0 unspecified atom stereocenters. The maximum absolute atomic E-state index is 11.9. The molecule has 112 valence electrons. The number of likely N-dealkylation sites (tertiary alicyclic amines) is 1. The van der Waals surface area contributed by atoms with Crippen molar-refractivity contribution in [3.63, 3.8) is 0 Å². The average Bonchev–Trinajstić information content (AvgIpc) is 2.91. The van der Waals surface area contributed by atoms with Crippen molar-refractivity contribution in [1.82, 2.24) is 24.6 Å². The summed E-state index contributed by atoms with van der Waals surface area (Å²) in [4.78, 5) is 30.9. The van der Waals surface area contributed by atoms with E-state index in [4.69, 9.17) is 9.84 Å². The van der Waals surface area contributed by atoms with Gasteiger partial charge in [-0.3, -0.25) is 9.78 Å². The number of methoxy groups -OCH3 is 1. The van der Waals surface area contributed by atoms with Crippen LogP contribution in [0, 0.1) is 0 Å². The highest BCUT2D eigenvalue weighted by atomic mass is 16.5. The van der Waals surface area contributed by atoms with Crippen molar-refractivity contribution in [2.75, 3.05) is 20.2 Å². The number of piperidine rings is 1. The van der Waals surface area contributed by atoms with E-state index in [1.807, 2.05) is 0 Å². The van der Waals surface area contributed by atoms with E-state index in [1.54, 1.807) is 4.68 Å². The van der Waals surface area contributed by atoms with E-state index in [1.165, 1.54) is 18.2 Å². The quantitative estimate of drug-likeness (QED) is 0.830. The molecule has 0 radical (unpaired) electrons. The third-order valence-corrected chi connectivity index (χ3v) is 3.72. The molecule has 1 amide bonds. The van der Waals surface area contributed by atoms with Crippen molar-refractivity contribution in [3.8, 4) is 6.01 Å². The summed E-state index contributed by atoms with van der Waals surface area (Å²) in [5.74, 6) is 0. The SMILES string of the molecule is COc1nc2c(cnn2C2CCN(C(=O)O)CC2)c(=O)[nH]1. The van der Waals surface area contributed by atoms with Crippen molar-refractivity contribution < 1.29 is 14.6 Å². The van der Waals surface area contributed by atoms with Crippen LogP contribution in [0.5, 0.6) is 6.01 Å². The number of carbonyl (C=O) groups is 1. The fourth-order valence-corrected chi connectivity index (χ4v) is 2.58. The van der Waals surface area contributed by atoms with Gasteiger partial charge < -0.3 is 14.7 Å². The van der Waals surface area contributed by atoms with Gasteiger partial charge in [0, 0.05) is 13.1 Å². The van der Waals surface area contributed by atoms with Gasteiger partial charge in [-0.05, 0) is 12.8 Å². The topological polar surface area (TPSA) is 113 Å². The molecule has 9 heteroatoms. The highest BCUT2D eigenvalue weighted by Gasteiger charge is 2.25. The van der Waals surface area contributed by atoms with Crippen LogP contribution in [0.15, 0.2) is 11.0 Å². The highest BCUT2D eigenvalue weighted by molar-refractivity contribution is 5.73. The predicted octanol–water partition coefficient (Wildman–Crippen LogP) is 0.443. The van der Waals surface area contributed by atoms with Crippen molar-refractivity contribution >= 4 is 17.1 Å². The van der Waals surface area contributed by atoms with Gasteiger partial charge in [-0.1, -0.05) is 0 Å². The third-order valence-electron chi connectivity index (χ3n) is 3.72. The fourth-order valence-electron chi connectivity index (χ4n) is 2.58. The molecule has 1 aliphatic heterocycles. The number of nitrogens with zero attached hydrogens (tertiary/aromatic N) is 4. The highest BCUT2D eigenvalue weighted by Crippen LogP contribution is 2.24. The first-order chi connectivity index (χ1) is 10.1. The lowest BCUT2D eigenvalue weighted by Gasteiger charge is -2.30. The summed E-state index contributed by atoms with van der Waals surface area (Å²) in [6, 6.07) is 0.161. The van der Waals surface area contributed by atoms with Gasteiger partial charge in [-0.25, -0.2) is 9.48 Å². The summed E-state index contributed by atoms with van der Waals surface area (Å²) in [7, 11) is 1.43. The largest absolute Gasteiger partial charge is 0.468 e. The molecule has 0 atom stereocenters. The Balaban J connectivity index is 1.93. The van der Waals surface area contributed by atoms with E-state index in [2.05, 4.69) is 15.1 Å². The summed E-state index contributed by atoms with van der Waals surface area (Å²) in [6.07, 6.45) is 1.85. The minimum Gasteiger partial charge on any atom is -0.468 e. The zero-order valence-corrected chi connectivity index (χ0v) is 11.4. The monoisotopic (exact) mass is 293 g/mol. The van der Waals surface area contributed by atoms with Crippen LogP contribution < -0.4 is 10.3 Å². The van der Waals surface area contributed by atoms with Crippen LogP contribution in [-0.2, 0) is 0 Å². The van der Waals surface area contributed by atoms with E-state index in [0.717, 1.165) is 0 Å². The Bertz CT molecular complexity index is 729. The normalized spacial score (nSPS) is 16.3. The van der Waals surface area contributed by atoms with Crippen LogP contribution in [0.25, 0.3) is 11.0 Å². The molecule has 3 rings (SSSR count). The molecule has 2 aromatic heterocycles.